The summed E-state index contributed by atoms with van der Waals surface area (Å²) in [6.07, 6.45) is 2.05. The van der Waals surface area contributed by atoms with Crippen LogP contribution in [0.25, 0.3) is 0 Å². The van der Waals surface area contributed by atoms with Crippen LogP contribution >= 0.6 is 24.0 Å². The van der Waals surface area contributed by atoms with Gasteiger partial charge in [-0.15, -0.1) is 24.0 Å². The average molecular weight is 529 g/mol. The molecule has 0 aromatic heterocycles. The highest BCUT2D eigenvalue weighted by Crippen LogP contribution is 2.47. The van der Waals surface area contributed by atoms with Crippen LogP contribution in [0.1, 0.15) is 30.9 Å². The first-order valence-electron chi connectivity index (χ1n) is 9.73. The summed E-state index contributed by atoms with van der Waals surface area (Å²) in [5.74, 6) is 1.13. The van der Waals surface area contributed by atoms with Gasteiger partial charge in [0.2, 0.25) is 5.75 Å². The number of methoxy groups -OCH3 is 2. The van der Waals surface area contributed by atoms with Gasteiger partial charge in [-0.1, -0.05) is 12.1 Å². The second kappa shape index (κ2) is 10.7. The van der Waals surface area contributed by atoms with Crippen molar-refractivity contribution in [2.75, 3.05) is 27.3 Å². The van der Waals surface area contributed by atoms with Gasteiger partial charge < -0.3 is 25.2 Å². The van der Waals surface area contributed by atoms with Crippen LogP contribution in [0, 0.1) is 5.82 Å². The fourth-order valence-corrected chi connectivity index (χ4v) is 3.34. The highest BCUT2D eigenvalue weighted by molar-refractivity contribution is 14.0. The number of halogens is 2. The molecule has 0 radical (unpaired) electrons. The summed E-state index contributed by atoms with van der Waals surface area (Å²) in [6.45, 7) is 3.80. The van der Waals surface area contributed by atoms with Crippen molar-refractivity contribution in [1.82, 2.24) is 10.6 Å². The molecule has 3 N–H and O–H groups in total. The summed E-state index contributed by atoms with van der Waals surface area (Å²) >= 11 is 0. The van der Waals surface area contributed by atoms with E-state index in [1.165, 1.54) is 20.3 Å². The van der Waals surface area contributed by atoms with Gasteiger partial charge in [0, 0.05) is 18.5 Å². The molecule has 1 fully saturated rings. The summed E-state index contributed by atoms with van der Waals surface area (Å²) in [5.41, 5.74) is 1.83. The number of guanidine groups is 1. The van der Waals surface area contributed by atoms with Crippen LogP contribution in [0.3, 0.4) is 0 Å². The van der Waals surface area contributed by atoms with Gasteiger partial charge in [-0.25, -0.2) is 9.38 Å². The molecular formula is C22H29FIN3O3. The molecule has 6 nitrogen and oxygen atoms in total. The second-order valence-corrected chi connectivity index (χ2v) is 7.19. The molecule has 0 atom stereocenters. The Labute approximate surface area is 193 Å². The normalized spacial score (nSPS) is 14.5. The van der Waals surface area contributed by atoms with E-state index in [0.29, 0.717) is 30.5 Å². The molecule has 0 bridgehead atoms. The van der Waals surface area contributed by atoms with Crippen molar-refractivity contribution in [3.8, 4) is 17.2 Å². The molecule has 8 heteroatoms. The van der Waals surface area contributed by atoms with Crippen molar-refractivity contribution >= 4 is 29.9 Å². The van der Waals surface area contributed by atoms with Crippen LogP contribution in [0.15, 0.2) is 41.4 Å². The minimum Gasteiger partial charge on any atom is -0.502 e. The van der Waals surface area contributed by atoms with E-state index < -0.39 is 0 Å². The molecule has 0 heterocycles. The van der Waals surface area contributed by atoms with Gasteiger partial charge in [-0.2, -0.15) is 0 Å². The van der Waals surface area contributed by atoms with Gasteiger partial charge in [0.15, 0.2) is 17.5 Å². The number of hydrogen-bond donors (Lipinski definition) is 3. The van der Waals surface area contributed by atoms with Gasteiger partial charge >= 0.3 is 0 Å². The molecule has 0 unspecified atom stereocenters. The lowest BCUT2D eigenvalue weighted by atomic mass is 9.96. The molecule has 3 rings (SSSR count). The Morgan fingerprint density at radius 3 is 2.33 bits per heavy atom. The largest absolute Gasteiger partial charge is 0.502 e. The number of rotatable bonds is 8. The number of aromatic hydroxyl groups is 1. The molecule has 1 saturated carbocycles. The molecular weight excluding hydrogens is 500 g/mol. The van der Waals surface area contributed by atoms with E-state index in [1.807, 2.05) is 13.0 Å². The quantitative estimate of drug-likeness (QED) is 0.275. The van der Waals surface area contributed by atoms with Crippen LogP contribution in [-0.4, -0.2) is 38.4 Å². The molecule has 164 valence electrons. The van der Waals surface area contributed by atoms with Crippen LogP contribution < -0.4 is 20.1 Å². The van der Waals surface area contributed by atoms with E-state index in [0.717, 1.165) is 30.5 Å². The van der Waals surface area contributed by atoms with Crippen LogP contribution in [0.4, 0.5) is 4.39 Å². The van der Waals surface area contributed by atoms with Crippen molar-refractivity contribution in [3.05, 3.63) is 53.3 Å². The second-order valence-electron chi connectivity index (χ2n) is 7.19. The number of ether oxygens (including phenoxy) is 2. The zero-order valence-electron chi connectivity index (χ0n) is 17.5. The van der Waals surface area contributed by atoms with Gasteiger partial charge in [0.05, 0.1) is 20.8 Å². The maximum atomic E-state index is 13.6. The van der Waals surface area contributed by atoms with E-state index in [2.05, 4.69) is 15.6 Å². The molecule has 30 heavy (non-hydrogen) atoms. The Bertz CT molecular complexity index is 863. The smallest absolute Gasteiger partial charge is 0.200 e. The van der Waals surface area contributed by atoms with Crippen LogP contribution in [0.2, 0.25) is 0 Å². The van der Waals surface area contributed by atoms with E-state index in [4.69, 9.17) is 9.47 Å². The van der Waals surface area contributed by atoms with E-state index >= 15 is 0 Å². The third kappa shape index (κ3) is 5.68. The van der Waals surface area contributed by atoms with Crippen molar-refractivity contribution in [3.63, 3.8) is 0 Å². The number of benzene rings is 2. The fraction of sp³-hybridized carbons (Fsp3) is 0.409. The Hall–Kier alpha value is -2.23. The number of aliphatic imine (C=N–C) groups is 1. The van der Waals surface area contributed by atoms with Crippen molar-refractivity contribution in [1.29, 1.82) is 0 Å². The van der Waals surface area contributed by atoms with Crippen molar-refractivity contribution in [2.45, 2.75) is 31.7 Å². The third-order valence-electron chi connectivity index (χ3n) is 5.19. The molecule has 0 amide bonds. The highest BCUT2D eigenvalue weighted by atomic mass is 127. The minimum atomic E-state index is -0.204. The summed E-state index contributed by atoms with van der Waals surface area (Å²) in [6, 6.07) is 10.3. The summed E-state index contributed by atoms with van der Waals surface area (Å²) in [5, 5.41) is 16.7. The number of nitrogens with one attached hydrogen (secondary N) is 2. The van der Waals surface area contributed by atoms with Gasteiger partial charge in [0.25, 0.3) is 0 Å². The zero-order chi connectivity index (χ0) is 20.9. The zero-order valence-corrected chi connectivity index (χ0v) is 19.8. The average Bonchev–Trinajstić information content (AvgIpc) is 3.52. The Balaban J connectivity index is 0.00000320. The molecule has 2 aromatic rings. The lowest BCUT2D eigenvalue weighted by Crippen LogP contribution is -2.41. The first kappa shape index (κ1) is 24.0. The monoisotopic (exact) mass is 529 g/mol. The number of phenols is 1. The van der Waals surface area contributed by atoms with E-state index in [-0.39, 0.29) is 41.0 Å². The minimum absolute atomic E-state index is 0. The molecule has 2 aromatic carbocycles. The van der Waals surface area contributed by atoms with Crippen LogP contribution in [0.5, 0.6) is 17.2 Å². The molecule has 0 spiro atoms. The Kier molecular flexibility index (Phi) is 8.57. The number of hydrogen-bond acceptors (Lipinski definition) is 4. The van der Waals surface area contributed by atoms with E-state index in [1.54, 1.807) is 24.3 Å². The van der Waals surface area contributed by atoms with Crippen molar-refractivity contribution < 1.29 is 19.0 Å². The van der Waals surface area contributed by atoms with Gasteiger partial charge in [-0.3, -0.25) is 0 Å². The van der Waals surface area contributed by atoms with Crippen molar-refractivity contribution in [2.24, 2.45) is 4.99 Å². The molecule has 1 aliphatic carbocycles. The summed E-state index contributed by atoms with van der Waals surface area (Å²) in [4.78, 5) is 4.63. The Morgan fingerprint density at radius 2 is 1.80 bits per heavy atom. The topological polar surface area (TPSA) is 75.1 Å². The van der Waals surface area contributed by atoms with Gasteiger partial charge in [-0.05, 0) is 55.2 Å². The fourth-order valence-electron chi connectivity index (χ4n) is 3.34. The Morgan fingerprint density at radius 1 is 1.13 bits per heavy atom. The first-order valence-corrected chi connectivity index (χ1v) is 9.73. The predicted molar refractivity (Wildman–Crippen MR) is 127 cm³/mol. The maximum absolute atomic E-state index is 13.6. The first-order chi connectivity index (χ1) is 14.0. The summed E-state index contributed by atoms with van der Waals surface area (Å²) in [7, 11) is 2.99. The highest BCUT2D eigenvalue weighted by Gasteiger charge is 2.44. The predicted octanol–water partition coefficient (Wildman–Crippen LogP) is 3.95. The van der Waals surface area contributed by atoms with E-state index in [9.17, 15) is 9.50 Å². The maximum Gasteiger partial charge on any atom is 0.200 e. The lowest BCUT2D eigenvalue weighted by Gasteiger charge is -2.19. The molecule has 0 aliphatic heterocycles. The van der Waals surface area contributed by atoms with Gasteiger partial charge in [0.1, 0.15) is 5.82 Å². The summed E-state index contributed by atoms with van der Waals surface area (Å²) < 4.78 is 24.0. The lowest BCUT2D eigenvalue weighted by molar-refractivity contribution is 0.339. The van der Waals surface area contributed by atoms with Crippen LogP contribution in [-0.2, 0) is 12.0 Å². The number of phenolic OH excluding ortho intramolecular Hbond substituents is 1. The SMILES string of the molecule is CCNC(=NCc1cc(OC)c(O)c(OC)c1)NCC1(c2cccc(F)c2)CC1.I. The third-order valence-corrected chi connectivity index (χ3v) is 5.19. The molecule has 1 aliphatic rings. The number of nitrogens with zero attached hydrogens (tertiary/aromatic N) is 1. The standard InChI is InChI=1S/C22H28FN3O3.HI/c1-4-24-21(25-13-15-10-18(28-2)20(27)19(11-15)29-3)26-14-22(8-9-22)16-6-5-7-17(23)12-16;/h5-7,10-12,27H,4,8-9,13-14H2,1-3H3,(H2,24,25,26);1H. The molecule has 0 saturated heterocycles.